The van der Waals surface area contributed by atoms with Crippen molar-refractivity contribution in [2.45, 2.75) is 25.6 Å². The third kappa shape index (κ3) is 4.41. The number of nitrogens with zero attached hydrogens (tertiary/aromatic N) is 3. The summed E-state index contributed by atoms with van der Waals surface area (Å²) in [6.45, 7) is 1.60. The fourth-order valence-corrected chi connectivity index (χ4v) is 3.41. The van der Waals surface area contributed by atoms with Gasteiger partial charge in [0.15, 0.2) is 5.69 Å². The highest BCUT2D eigenvalue weighted by atomic mass is 35.5. The van der Waals surface area contributed by atoms with Crippen molar-refractivity contribution in [3.63, 3.8) is 0 Å². The first-order valence-electron chi connectivity index (χ1n) is 9.35. The number of aromatic nitrogens is 4. The number of hydrogen-bond donors (Lipinski definition) is 2. The van der Waals surface area contributed by atoms with Gasteiger partial charge < -0.3 is 5.32 Å². The number of carbonyl (C=O) groups excluding carboxylic acids is 1. The lowest BCUT2D eigenvalue weighted by molar-refractivity contribution is -0.141. The molecule has 1 atom stereocenters. The molecule has 4 rings (SSSR count). The first-order valence-corrected chi connectivity index (χ1v) is 9.73. The minimum absolute atomic E-state index is 0.132. The van der Waals surface area contributed by atoms with Crippen molar-refractivity contribution in [2.75, 3.05) is 0 Å². The molecule has 1 unspecified atom stereocenters. The van der Waals surface area contributed by atoms with E-state index in [1.54, 1.807) is 31.3 Å². The van der Waals surface area contributed by atoms with Crippen molar-refractivity contribution in [3.8, 4) is 5.69 Å². The normalized spacial score (nSPS) is 12.8. The molecule has 0 spiro atoms. The summed E-state index contributed by atoms with van der Waals surface area (Å²) < 4.78 is 40.8. The molecule has 160 valence electrons. The number of halogens is 4. The van der Waals surface area contributed by atoms with Crippen LogP contribution >= 0.6 is 11.6 Å². The molecule has 0 aliphatic heterocycles. The van der Waals surface area contributed by atoms with E-state index < -0.39 is 17.8 Å². The number of carbonyl (C=O) groups is 1. The quantitative estimate of drug-likeness (QED) is 0.459. The fourth-order valence-electron chi connectivity index (χ4n) is 3.23. The molecule has 10 heteroatoms. The van der Waals surface area contributed by atoms with Crippen LogP contribution in [0.2, 0.25) is 5.02 Å². The number of fused-ring (bicyclic) bond motifs is 1. The Bertz CT molecular complexity index is 1250. The smallest absolute Gasteiger partial charge is 0.350 e. The monoisotopic (exact) mass is 447 g/mol. The molecule has 1 amide bonds. The van der Waals surface area contributed by atoms with Crippen LogP contribution in [-0.2, 0) is 17.5 Å². The van der Waals surface area contributed by atoms with E-state index in [0.717, 1.165) is 27.2 Å². The van der Waals surface area contributed by atoms with E-state index in [-0.39, 0.29) is 18.1 Å². The van der Waals surface area contributed by atoms with Crippen LogP contribution in [0.25, 0.3) is 16.6 Å². The molecule has 0 saturated heterocycles. The first kappa shape index (κ1) is 20.9. The summed E-state index contributed by atoms with van der Waals surface area (Å²) in [4.78, 5) is 12.7. The van der Waals surface area contributed by atoms with E-state index >= 15 is 0 Å². The molecule has 2 aromatic carbocycles. The van der Waals surface area contributed by atoms with Crippen molar-refractivity contribution in [2.24, 2.45) is 0 Å². The zero-order chi connectivity index (χ0) is 22.2. The molecule has 0 aliphatic carbocycles. The van der Waals surface area contributed by atoms with Crippen molar-refractivity contribution >= 4 is 28.4 Å². The predicted molar refractivity (Wildman–Crippen MR) is 110 cm³/mol. The first-order chi connectivity index (χ1) is 14.7. The molecule has 31 heavy (non-hydrogen) atoms. The second kappa shape index (κ2) is 8.07. The number of benzene rings is 2. The van der Waals surface area contributed by atoms with E-state index in [9.17, 15) is 18.0 Å². The van der Waals surface area contributed by atoms with Crippen LogP contribution in [0.1, 0.15) is 29.8 Å². The molecule has 2 N–H and O–H groups in total. The lowest BCUT2D eigenvalue weighted by atomic mass is 9.99. The number of aromatic amines is 1. The lowest BCUT2D eigenvalue weighted by Gasteiger charge is -2.14. The molecule has 4 aromatic rings. The van der Waals surface area contributed by atoms with Gasteiger partial charge in [-0.2, -0.15) is 23.4 Å². The minimum atomic E-state index is -4.62. The molecule has 0 saturated carbocycles. The Morgan fingerprint density at radius 3 is 2.77 bits per heavy atom. The van der Waals surface area contributed by atoms with Gasteiger partial charge >= 0.3 is 6.18 Å². The molecule has 0 aliphatic rings. The maximum Gasteiger partial charge on any atom is 0.435 e. The van der Waals surface area contributed by atoms with Crippen LogP contribution in [0.4, 0.5) is 13.2 Å². The Kier molecular flexibility index (Phi) is 5.45. The van der Waals surface area contributed by atoms with Crippen molar-refractivity contribution in [1.82, 2.24) is 25.3 Å². The van der Waals surface area contributed by atoms with Crippen LogP contribution < -0.4 is 5.32 Å². The molecule has 0 bridgehead atoms. The van der Waals surface area contributed by atoms with Gasteiger partial charge in [-0.25, -0.2) is 4.68 Å². The van der Waals surface area contributed by atoms with Gasteiger partial charge in [0.25, 0.3) is 0 Å². The standard InChI is InChI=1S/C21H17ClF3N5O/c1-12(13-5-6-18-14(7-13)10-27-28-18)20(31)26-11-17-9-19(21(23,24)25)29-30(17)16-4-2-3-15(22)8-16/h2-10,12H,11H2,1H3,(H,26,31)(H,27,28). The SMILES string of the molecule is CC(C(=O)NCc1cc(C(F)(F)F)nn1-c1cccc(Cl)c1)c1ccc2[nH]ncc2c1. The van der Waals surface area contributed by atoms with Crippen LogP contribution in [0.5, 0.6) is 0 Å². The highest BCUT2D eigenvalue weighted by molar-refractivity contribution is 6.30. The maximum absolute atomic E-state index is 13.2. The molecule has 6 nitrogen and oxygen atoms in total. The van der Waals surface area contributed by atoms with Crippen LogP contribution in [0.15, 0.2) is 54.7 Å². The Labute approximate surface area is 180 Å². The molecule has 0 fully saturated rings. The molecule has 2 aromatic heterocycles. The summed E-state index contributed by atoms with van der Waals surface area (Å²) in [5.74, 6) is -0.834. The van der Waals surface area contributed by atoms with Crippen molar-refractivity contribution < 1.29 is 18.0 Å². The average molecular weight is 448 g/mol. The number of hydrogen-bond acceptors (Lipinski definition) is 3. The van der Waals surface area contributed by atoms with Gasteiger partial charge in [-0.3, -0.25) is 9.89 Å². The summed E-state index contributed by atoms with van der Waals surface area (Å²) in [6.07, 6.45) is -2.96. The third-order valence-corrected chi connectivity index (χ3v) is 5.16. The lowest BCUT2D eigenvalue weighted by Crippen LogP contribution is -2.28. The van der Waals surface area contributed by atoms with Crippen LogP contribution in [-0.4, -0.2) is 25.9 Å². The van der Waals surface area contributed by atoms with Gasteiger partial charge in [0.1, 0.15) is 0 Å². The van der Waals surface area contributed by atoms with E-state index in [0.29, 0.717) is 10.7 Å². The van der Waals surface area contributed by atoms with E-state index in [1.165, 1.54) is 6.07 Å². The second-order valence-corrected chi connectivity index (χ2v) is 7.50. The van der Waals surface area contributed by atoms with Gasteiger partial charge in [-0.1, -0.05) is 23.7 Å². The molecular formula is C21H17ClF3N5O. The van der Waals surface area contributed by atoms with Gasteiger partial charge in [0.05, 0.1) is 35.6 Å². The van der Waals surface area contributed by atoms with Crippen molar-refractivity contribution in [1.29, 1.82) is 0 Å². The summed E-state index contributed by atoms with van der Waals surface area (Å²) in [5.41, 5.74) is 1.12. The maximum atomic E-state index is 13.2. The number of rotatable bonds is 5. The topological polar surface area (TPSA) is 75.6 Å². The average Bonchev–Trinajstić information content (AvgIpc) is 3.37. The van der Waals surface area contributed by atoms with E-state index in [4.69, 9.17) is 11.6 Å². The van der Waals surface area contributed by atoms with E-state index in [1.807, 2.05) is 18.2 Å². The summed E-state index contributed by atoms with van der Waals surface area (Å²) in [6, 6.07) is 12.7. The minimum Gasteiger partial charge on any atom is -0.350 e. The summed E-state index contributed by atoms with van der Waals surface area (Å²) in [7, 11) is 0. The van der Waals surface area contributed by atoms with Crippen molar-refractivity contribution in [3.05, 3.63) is 76.7 Å². The van der Waals surface area contributed by atoms with Gasteiger partial charge in [-0.05, 0) is 48.9 Å². The Morgan fingerprint density at radius 2 is 2.03 bits per heavy atom. The molecule has 0 radical (unpaired) electrons. The number of alkyl halides is 3. The Balaban J connectivity index is 1.56. The fraction of sp³-hybridized carbons (Fsp3) is 0.190. The summed E-state index contributed by atoms with van der Waals surface area (Å²) >= 11 is 5.97. The number of amides is 1. The Hall–Kier alpha value is -3.33. The highest BCUT2D eigenvalue weighted by Crippen LogP contribution is 2.30. The number of nitrogens with one attached hydrogen (secondary N) is 2. The van der Waals surface area contributed by atoms with Gasteiger partial charge in [0.2, 0.25) is 5.91 Å². The van der Waals surface area contributed by atoms with Crippen LogP contribution in [0.3, 0.4) is 0 Å². The second-order valence-electron chi connectivity index (χ2n) is 7.07. The third-order valence-electron chi connectivity index (χ3n) is 4.93. The zero-order valence-corrected chi connectivity index (χ0v) is 17.0. The molecule has 2 heterocycles. The van der Waals surface area contributed by atoms with Gasteiger partial charge in [-0.15, -0.1) is 0 Å². The summed E-state index contributed by atoms with van der Waals surface area (Å²) in [5, 5.41) is 14.4. The van der Waals surface area contributed by atoms with Crippen LogP contribution in [0, 0.1) is 0 Å². The number of H-pyrrole nitrogens is 1. The largest absolute Gasteiger partial charge is 0.435 e. The zero-order valence-electron chi connectivity index (χ0n) is 16.2. The van der Waals surface area contributed by atoms with E-state index in [2.05, 4.69) is 20.6 Å². The highest BCUT2D eigenvalue weighted by Gasteiger charge is 2.35. The predicted octanol–water partition coefficient (Wildman–Crippen LogP) is 4.84. The van der Waals surface area contributed by atoms with Gasteiger partial charge in [0, 0.05) is 10.4 Å². The Morgan fingerprint density at radius 1 is 1.23 bits per heavy atom. The molecular weight excluding hydrogens is 431 g/mol.